The Morgan fingerprint density at radius 3 is 1.75 bits per heavy atom. The van der Waals surface area contributed by atoms with Crippen LogP contribution in [-0.4, -0.2) is 13.0 Å². The van der Waals surface area contributed by atoms with E-state index in [1.165, 1.54) is 17.8 Å². The fourth-order valence-electron chi connectivity index (χ4n) is 1.71. The molecule has 0 amide bonds. The van der Waals surface area contributed by atoms with E-state index in [2.05, 4.69) is 13.8 Å². The molecule has 0 fully saturated rings. The van der Waals surface area contributed by atoms with Crippen molar-refractivity contribution in [3.63, 3.8) is 0 Å². The van der Waals surface area contributed by atoms with Crippen molar-refractivity contribution in [2.75, 3.05) is 0 Å². The molecule has 0 aliphatic heterocycles. The van der Waals surface area contributed by atoms with E-state index in [0.717, 1.165) is 5.69 Å². The second-order valence-corrected chi connectivity index (χ2v) is 24.3. The first-order chi connectivity index (χ1) is 10.6. The third kappa shape index (κ3) is 9.35. The predicted molar refractivity (Wildman–Crippen MR) is 109 cm³/mol. The number of hydrogen-bond acceptors (Lipinski definition) is 2. The van der Waals surface area contributed by atoms with E-state index in [1.54, 1.807) is 10.8 Å². The zero-order valence-corrected chi connectivity index (χ0v) is 18.8. The Morgan fingerprint density at radius 1 is 0.958 bits per heavy atom. The molecule has 0 aliphatic rings. The number of benzene rings is 1. The van der Waals surface area contributed by atoms with Crippen LogP contribution in [0.2, 0.25) is 0 Å². The van der Waals surface area contributed by atoms with E-state index in [4.69, 9.17) is 66.9 Å². The van der Waals surface area contributed by atoms with E-state index in [0.29, 0.717) is 5.92 Å². The summed E-state index contributed by atoms with van der Waals surface area (Å²) in [5.74, 6) is 0.475. The summed E-state index contributed by atoms with van der Waals surface area (Å²) in [6, 6.07) is 9.47. The van der Waals surface area contributed by atoms with Crippen molar-refractivity contribution in [1.29, 1.82) is 0 Å². The van der Waals surface area contributed by atoms with Crippen LogP contribution in [0, 0.1) is 0 Å². The third-order valence-corrected chi connectivity index (χ3v) is 4.14. The molecule has 0 radical (unpaired) electrons. The second-order valence-electron chi connectivity index (χ2n) is 5.08. The molecule has 0 aliphatic carbocycles. The zero-order valence-electron chi connectivity index (χ0n) is 12.5. The van der Waals surface area contributed by atoms with Crippen LogP contribution in [0.3, 0.4) is 0 Å². The maximum atomic E-state index is 11.2. The summed E-state index contributed by atoms with van der Waals surface area (Å²) in [6.45, 7) is 4.26. The van der Waals surface area contributed by atoms with Gasteiger partial charge < -0.3 is 4.57 Å². The van der Waals surface area contributed by atoms with E-state index < -0.39 is 12.4 Å². The second kappa shape index (κ2) is 8.10. The van der Waals surface area contributed by atoms with Gasteiger partial charge in [-0.1, -0.05) is 26.0 Å². The Labute approximate surface area is 170 Å². The molecule has 0 unspecified atom stereocenters. The molecule has 1 heterocycles. The molecule has 1 aromatic heterocycles. The van der Waals surface area contributed by atoms with Gasteiger partial charge in [-0.2, -0.15) is 0 Å². The maximum absolute atomic E-state index is 11.2. The average Bonchev–Trinajstić information content (AvgIpc) is 2.85. The van der Waals surface area contributed by atoms with Gasteiger partial charge in [0.15, 0.2) is 0 Å². The predicted octanol–water partition coefficient (Wildman–Crippen LogP) is 7.84. The molecule has 136 valence electrons. The third-order valence-electron chi connectivity index (χ3n) is 2.81. The molecule has 2 aromatic rings. The van der Waals surface area contributed by atoms with E-state index >= 15 is 0 Å². The Morgan fingerprint density at radius 2 is 1.42 bits per heavy atom. The van der Waals surface area contributed by atoms with Gasteiger partial charge in [0, 0.05) is 28.8 Å². The van der Waals surface area contributed by atoms with Gasteiger partial charge in [0.1, 0.15) is 4.90 Å². The Bertz CT molecular complexity index is 777. The molecule has 0 saturated heterocycles. The van der Waals surface area contributed by atoms with E-state index in [-0.39, 0.29) is 4.90 Å². The van der Waals surface area contributed by atoms with Crippen molar-refractivity contribution in [2.45, 2.75) is 24.7 Å². The van der Waals surface area contributed by atoms with Gasteiger partial charge in [0.2, 0.25) is 0 Å². The van der Waals surface area contributed by atoms with Gasteiger partial charge in [0.25, 0.3) is 9.05 Å². The summed E-state index contributed by atoms with van der Waals surface area (Å²) in [7, 11) is 1.62. The first-order valence-corrected chi connectivity index (χ1v) is 15.5. The molecule has 11 heteroatoms. The standard InChI is InChI=1S/C13H14ClNO2S.Cl5P/c1-10(2)11-3-5-12(6-4-11)15-8-7-13(9-15)18(14,16)17;1-6(2,3,4)5/h3-10H,1-2H3;. The summed E-state index contributed by atoms with van der Waals surface area (Å²) in [4.78, 5) is 0.108. The number of nitrogens with zero attached hydrogens (tertiary/aromatic N) is 1. The van der Waals surface area contributed by atoms with Crippen molar-refractivity contribution in [1.82, 2.24) is 4.57 Å². The number of hydrogen-bond donors (Lipinski definition) is 0. The van der Waals surface area contributed by atoms with E-state index in [1.807, 2.05) is 24.3 Å². The quantitative estimate of drug-likeness (QED) is 0.324. The molecule has 0 saturated carbocycles. The van der Waals surface area contributed by atoms with Crippen molar-refractivity contribution in [2.24, 2.45) is 0 Å². The first-order valence-electron chi connectivity index (χ1n) is 6.45. The summed E-state index contributed by atoms with van der Waals surface area (Å²) >= 11 is 24.9. The van der Waals surface area contributed by atoms with Crippen LogP contribution < -0.4 is 0 Å². The van der Waals surface area contributed by atoms with Crippen LogP contribution in [-0.2, 0) is 9.05 Å². The molecule has 24 heavy (non-hydrogen) atoms. The molecule has 3 nitrogen and oxygen atoms in total. The van der Waals surface area contributed by atoms with Gasteiger partial charge >= 0.3 is 59.6 Å². The summed E-state index contributed by atoms with van der Waals surface area (Å²) in [5, 5.41) is 0. The van der Waals surface area contributed by atoms with Crippen LogP contribution >= 0.6 is 70.3 Å². The monoisotopic (exact) mass is 489 g/mol. The Kier molecular flexibility index (Phi) is 7.65. The van der Waals surface area contributed by atoms with Gasteiger partial charge in [0.05, 0.1) is 0 Å². The number of aromatic nitrogens is 1. The summed E-state index contributed by atoms with van der Waals surface area (Å²) in [6.07, 6.45) is 3.19. The average molecular weight is 492 g/mol. The molecule has 0 spiro atoms. The van der Waals surface area contributed by atoms with Crippen LogP contribution in [0.1, 0.15) is 25.3 Å². The van der Waals surface area contributed by atoms with Gasteiger partial charge in [-0.3, -0.25) is 0 Å². The number of rotatable bonds is 3. The van der Waals surface area contributed by atoms with E-state index in [9.17, 15) is 8.42 Å². The molecule has 0 bridgehead atoms. The first kappa shape index (κ1) is 22.7. The fourth-order valence-corrected chi connectivity index (χ4v) is 2.45. The van der Waals surface area contributed by atoms with Crippen molar-refractivity contribution in [3.05, 3.63) is 48.3 Å². The van der Waals surface area contributed by atoms with Crippen LogP contribution in [0.4, 0.5) is 0 Å². The minimum atomic E-state index is -3.69. The Hall–Kier alpha value is 0.620. The topological polar surface area (TPSA) is 39.1 Å². The van der Waals surface area contributed by atoms with Crippen LogP contribution in [0.5, 0.6) is 0 Å². The fraction of sp³-hybridized carbons (Fsp3) is 0.231. The minimum absolute atomic E-state index is 0.108. The Balaban J connectivity index is 0.000000413. The van der Waals surface area contributed by atoms with Gasteiger partial charge in [-0.15, -0.1) is 0 Å². The SMILES string of the molecule is CC(C)c1ccc(-n2ccc(S(=O)(=O)Cl)c2)cc1.ClP(Cl)(Cl)(Cl)Cl. The summed E-state index contributed by atoms with van der Waals surface area (Å²) in [5.41, 5.74) is 2.15. The molecule has 0 atom stereocenters. The number of halogens is 6. The van der Waals surface area contributed by atoms with Crippen LogP contribution in [0.25, 0.3) is 5.69 Å². The molecular formula is C13H14Cl6NO2PS. The van der Waals surface area contributed by atoms with Crippen molar-refractivity contribution >= 4 is 79.3 Å². The molecule has 1 aromatic carbocycles. The van der Waals surface area contributed by atoms with Crippen molar-refractivity contribution in [3.8, 4) is 5.69 Å². The normalized spacial score (nSPS) is 13.8. The van der Waals surface area contributed by atoms with Crippen molar-refractivity contribution < 1.29 is 8.42 Å². The molecular weight excluding hydrogens is 478 g/mol. The zero-order chi connectivity index (χ0) is 18.8. The molecule has 2 rings (SSSR count). The summed E-state index contributed by atoms with van der Waals surface area (Å²) < 4.78 is 20.4. The van der Waals surface area contributed by atoms with Gasteiger partial charge in [-0.05, 0) is 29.7 Å². The van der Waals surface area contributed by atoms with Gasteiger partial charge in [-0.25, -0.2) is 8.42 Å². The molecule has 0 N–H and O–H groups in total. The van der Waals surface area contributed by atoms with Crippen LogP contribution in [0.15, 0.2) is 47.6 Å².